The molecule has 1 aliphatic rings. The SMILES string of the molecule is CNCCCNC(=O)C(O)C(O)C(O[C@@H]1OC(CO)[C@H](O)[C@H](O)C1O)C(O)CO. The van der Waals surface area contributed by atoms with Crippen LogP contribution >= 0.6 is 0 Å². The molecule has 10 N–H and O–H groups in total. The molecule has 172 valence electrons. The summed E-state index contributed by atoms with van der Waals surface area (Å²) >= 11 is 0. The third-order valence-electron chi connectivity index (χ3n) is 4.54. The van der Waals surface area contributed by atoms with Crippen LogP contribution in [0.3, 0.4) is 0 Å². The van der Waals surface area contributed by atoms with Crippen molar-refractivity contribution >= 4 is 5.91 Å². The molecule has 0 aliphatic carbocycles. The molecule has 0 spiro atoms. The first-order valence-corrected chi connectivity index (χ1v) is 9.22. The minimum Gasteiger partial charge on any atom is -0.394 e. The molecule has 6 unspecified atom stereocenters. The van der Waals surface area contributed by atoms with E-state index in [0.717, 1.165) is 0 Å². The molecule has 1 rings (SSSR count). The molecular formula is C16H32N2O11. The van der Waals surface area contributed by atoms with Gasteiger partial charge in [-0.05, 0) is 20.0 Å². The molecule has 1 aliphatic heterocycles. The van der Waals surface area contributed by atoms with Crippen molar-refractivity contribution in [2.24, 2.45) is 0 Å². The van der Waals surface area contributed by atoms with Crippen LogP contribution in [0.1, 0.15) is 6.42 Å². The van der Waals surface area contributed by atoms with Gasteiger partial charge in [-0.1, -0.05) is 0 Å². The van der Waals surface area contributed by atoms with Crippen molar-refractivity contribution in [1.82, 2.24) is 10.6 Å². The number of hydrogen-bond donors (Lipinski definition) is 10. The van der Waals surface area contributed by atoms with Gasteiger partial charge in [-0.25, -0.2) is 0 Å². The third-order valence-corrected chi connectivity index (χ3v) is 4.54. The summed E-state index contributed by atoms with van der Waals surface area (Å²) in [6, 6.07) is 0. The molecule has 0 aromatic heterocycles. The maximum Gasteiger partial charge on any atom is 0.251 e. The summed E-state index contributed by atoms with van der Waals surface area (Å²) in [6.45, 7) is -0.872. The Balaban J connectivity index is 2.83. The lowest BCUT2D eigenvalue weighted by atomic mass is 9.98. The monoisotopic (exact) mass is 428 g/mol. The molecule has 1 heterocycles. The summed E-state index contributed by atoms with van der Waals surface area (Å²) in [5.74, 6) is -0.957. The average molecular weight is 428 g/mol. The van der Waals surface area contributed by atoms with Crippen LogP contribution in [0.25, 0.3) is 0 Å². The van der Waals surface area contributed by atoms with Gasteiger partial charge in [-0.15, -0.1) is 0 Å². The smallest absolute Gasteiger partial charge is 0.251 e. The van der Waals surface area contributed by atoms with E-state index in [0.29, 0.717) is 13.0 Å². The molecule has 13 heteroatoms. The predicted molar refractivity (Wildman–Crippen MR) is 95.3 cm³/mol. The standard InChI is InChI=1S/C16H32N2O11/c1-17-3-2-4-18-15(27)12(25)11(24)14(7(21)5-19)29-16-13(26)10(23)9(22)8(6-20)28-16/h7-14,16-17,19-26H,2-6H2,1H3,(H,18,27)/t7?,8?,9-,10-,11?,12?,13?,14?,16-/m0/s1. The van der Waals surface area contributed by atoms with Crippen LogP contribution in [0.15, 0.2) is 0 Å². The fourth-order valence-electron chi connectivity index (χ4n) is 2.75. The zero-order valence-corrected chi connectivity index (χ0v) is 16.0. The van der Waals surface area contributed by atoms with Crippen LogP contribution < -0.4 is 10.6 Å². The molecule has 0 aromatic carbocycles. The zero-order valence-electron chi connectivity index (χ0n) is 16.0. The fraction of sp³-hybridized carbons (Fsp3) is 0.938. The lowest BCUT2D eigenvalue weighted by Crippen LogP contribution is -2.62. The lowest BCUT2D eigenvalue weighted by Gasteiger charge is -2.42. The minimum atomic E-state index is -2.05. The van der Waals surface area contributed by atoms with Crippen LogP contribution in [0.4, 0.5) is 0 Å². The Morgan fingerprint density at radius 3 is 2.28 bits per heavy atom. The van der Waals surface area contributed by atoms with E-state index in [-0.39, 0.29) is 6.54 Å². The first-order valence-electron chi connectivity index (χ1n) is 9.22. The Kier molecular flexibility index (Phi) is 11.4. The number of carbonyl (C=O) groups is 1. The third kappa shape index (κ3) is 7.04. The van der Waals surface area contributed by atoms with Crippen molar-refractivity contribution in [3.63, 3.8) is 0 Å². The summed E-state index contributed by atoms with van der Waals surface area (Å²) in [6.07, 6.45) is -15.5. The van der Waals surface area contributed by atoms with Crippen LogP contribution in [-0.2, 0) is 14.3 Å². The zero-order chi connectivity index (χ0) is 22.1. The largest absolute Gasteiger partial charge is 0.394 e. The highest BCUT2D eigenvalue weighted by Gasteiger charge is 2.47. The fourth-order valence-corrected chi connectivity index (χ4v) is 2.75. The first-order chi connectivity index (χ1) is 13.7. The van der Waals surface area contributed by atoms with E-state index >= 15 is 0 Å². The van der Waals surface area contributed by atoms with Crippen molar-refractivity contribution in [3.8, 4) is 0 Å². The highest BCUT2D eigenvalue weighted by atomic mass is 16.7. The number of rotatable bonds is 12. The van der Waals surface area contributed by atoms with E-state index in [1.54, 1.807) is 7.05 Å². The Bertz CT molecular complexity index is 484. The van der Waals surface area contributed by atoms with E-state index in [9.17, 15) is 45.6 Å². The van der Waals surface area contributed by atoms with E-state index in [2.05, 4.69) is 10.6 Å². The molecule has 0 saturated carbocycles. The van der Waals surface area contributed by atoms with Gasteiger partial charge in [0.05, 0.1) is 13.2 Å². The van der Waals surface area contributed by atoms with Gasteiger partial charge in [-0.2, -0.15) is 0 Å². The Hall–Kier alpha value is -0.970. The van der Waals surface area contributed by atoms with Gasteiger partial charge in [0.15, 0.2) is 12.4 Å². The quantitative estimate of drug-likeness (QED) is 0.131. The van der Waals surface area contributed by atoms with E-state index < -0.39 is 74.2 Å². The number of amides is 1. The van der Waals surface area contributed by atoms with Gasteiger partial charge >= 0.3 is 0 Å². The normalized spacial score (nSPS) is 31.7. The lowest BCUT2D eigenvalue weighted by molar-refractivity contribution is -0.326. The van der Waals surface area contributed by atoms with Crippen molar-refractivity contribution < 1.29 is 55.1 Å². The maximum absolute atomic E-state index is 12.0. The molecule has 9 atom stereocenters. The van der Waals surface area contributed by atoms with Gasteiger partial charge in [0.25, 0.3) is 5.91 Å². The predicted octanol–water partition coefficient (Wildman–Crippen LogP) is -6.03. The topological polar surface area (TPSA) is 221 Å². The van der Waals surface area contributed by atoms with Crippen molar-refractivity contribution in [2.75, 3.05) is 33.4 Å². The second-order valence-electron chi connectivity index (χ2n) is 6.73. The van der Waals surface area contributed by atoms with Crippen LogP contribution in [-0.4, -0.2) is 135 Å². The molecular weight excluding hydrogens is 396 g/mol. The maximum atomic E-state index is 12.0. The van der Waals surface area contributed by atoms with Crippen LogP contribution in [0.2, 0.25) is 0 Å². The number of aliphatic hydroxyl groups is 8. The summed E-state index contributed by atoms with van der Waals surface area (Å²) in [4.78, 5) is 12.0. The number of nitrogens with one attached hydrogen (secondary N) is 2. The highest BCUT2D eigenvalue weighted by Crippen LogP contribution is 2.25. The molecule has 1 saturated heterocycles. The van der Waals surface area contributed by atoms with E-state index in [1.165, 1.54) is 0 Å². The number of aliphatic hydroxyl groups excluding tert-OH is 8. The summed E-state index contributed by atoms with van der Waals surface area (Å²) < 4.78 is 10.3. The molecule has 0 bridgehead atoms. The molecule has 1 amide bonds. The van der Waals surface area contributed by atoms with Crippen molar-refractivity contribution in [3.05, 3.63) is 0 Å². The molecule has 29 heavy (non-hydrogen) atoms. The summed E-state index contributed by atoms with van der Waals surface area (Å²) in [5.41, 5.74) is 0. The van der Waals surface area contributed by atoms with Crippen LogP contribution in [0.5, 0.6) is 0 Å². The summed E-state index contributed by atoms with van der Waals surface area (Å²) in [5, 5.41) is 83.5. The van der Waals surface area contributed by atoms with Gasteiger partial charge in [-0.3, -0.25) is 4.79 Å². The van der Waals surface area contributed by atoms with Crippen molar-refractivity contribution in [2.45, 2.75) is 61.5 Å². The number of hydrogen-bond acceptors (Lipinski definition) is 12. The molecule has 0 aromatic rings. The Labute approximate surface area is 167 Å². The highest BCUT2D eigenvalue weighted by molar-refractivity contribution is 5.81. The van der Waals surface area contributed by atoms with Gasteiger partial charge in [0.2, 0.25) is 0 Å². The Morgan fingerprint density at radius 2 is 1.72 bits per heavy atom. The van der Waals surface area contributed by atoms with Gasteiger partial charge < -0.3 is 61.0 Å². The van der Waals surface area contributed by atoms with Crippen LogP contribution in [0, 0.1) is 0 Å². The van der Waals surface area contributed by atoms with Gasteiger partial charge in [0.1, 0.15) is 42.7 Å². The summed E-state index contributed by atoms with van der Waals surface area (Å²) in [7, 11) is 1.72. The van der Waals surface area contributed by atoms with Gasteiger partial charge in [0, 0.05) is 6.54 Å². The molecule has 0 radical (unpaired) electrons. The minimum absolute atomic E-state index is 0.199. The number of carbonyl (C=O) groups excluding carboxylic acids is 1. The average Bonchev–Trinajstić information content (AvgIpc) is 2.72. The molecule has 1 fully saturated rings. The molecule has 13 nitrogen and oxygen atoms in total. The van der Waals surface area contributed by atoms with E-state index in [4.69, 9.17) is 9.47 Å². The Morgan fingerprint density at radius 1 is 1.07 bits per heavy atom. The van der Waals surface area contributed by atoms with Crippen molar-refractivity contribution in [1.29, 1.82) is 0 Å². The first kappa shape index (κ1) is 26.1. The number of ether oxygens (including phenoxy) is 2. The van der Waals surface area contributed by atoms with E-state index in [1.807, 2.05) is 0 Å². The second kappa shape index (κ2) is 12.7. The second-order valence-corrected chi connectivity index (χ2v) is 6.73.